The number of rotatable bonds is 5. The first kappa shape index (κ1) is 13.8. The molecular weight excluding hydrogens is 240 g/mol. The second kappa shape index (κ2) is 6.47. The van der Waals surface area contributed by atoms with Crippen LogP contribution in [-0.2, 0) is 0 Å². The second-order valence-electron chi connectivity index (χ2n) is 3.82. The summed E-state index contributed by atoms with van der Waals surface area (Å²) in [4.78, 5) is 11.9. The fourth-order valence-electron chi connectivity index (χ4n) is 1.54. The van der Waals surface area contributed by atoms with Crippen molar-refractivity contribution in [2.75, 3.05) is 12.3 Å². The lowest BCUT2D eigenvalue weighted by Gasteiger charge is -2.16. The number of anilines is 1. The van der Waals surface area contributed by atoms with E-state index < -0.39 is 0 Å². The summed E-state index contributed by atoms with van der Waals surface area (Å²) in [6.07, 6.45) is 1.30. The van der Waals surface area contributed by atoms with E-state index in [1.807, 2.05) is 6.92 Å². The van der Waals surface area contributed by atoms with Crippen molar-refractivity contribution in [2.45, 2.75) is 25.8 Å². The summed E-state index contributed by atoms with van der Waals surface area (Å²) in [5.41, 5.74) is 6.48. The van der Waals surface area contributed by atoms with Crippen molar-refractivity contribution in [2.24, 2.45) is 0 Å². The summed E-state index contributed by atoms with van der Waals surface area (Å²) in [5, 5.41) is 12.2. The maximum absolute atomic E-state index is 11.9. The molecule has 0 aromatic heterocycles. The standard InChI is InChI=1S/C12H17ClN2O2/c1-2-9(5-6-16)15-12(17)10-4-3-8(13)7-11(10)14/h3-4,7,9,16H,2,5-6,14H2,1H3,(H,15,17). The number of aliphatic hydroxyl groups is 1. The van der Waals surface area contributed by atoms with Crippen LogP contribution in [0.4, 0.5) is 5.69 Å². The number of nitrogens with one attached hydrogen (secondary N) is 1. The monoisotopic (exact) mass is 256 g/mol. The minimum absolute atomic E-state index is 0.0393. The Bertz CT molecular complexity index is 396. The molecule has 0 aliphatic rings. The molecule has 4 nitrogen and oxygen atoms in total. The van der Waals surface area contributed by atoms with E-state index in [4.69, 9.17) is 22.4 Å². The van der Waals surface area contributed by atoms with E-state index in [1.165, 1.54) is 0 Å². The molecule has 0 saturated heterocycles. The van der Waals surface area contributed by atoms with E-state index in [0.717, 1.165) is 6.42 Å². The molecule has 0 bridgehead atoms. The molecule has 0 aliphatic carbocycles. The zero-order valence-electron chi connectivity index (χ0n) is 9.74. The lowest BCUT2D eigenvalue weighted by atomic mass is 10.1. The first-order valence-corrected chi connectivity index (χ1v) is 5.93. The Labute approximate surface area is 106 Å². The number of amides is 1. The highest BCUT2D eigenvalue weighted by Gasteiger charge is 2.14. The van der Waals surface area contributed by atoms with Crippen LogP contribution in [0.1, 0.15) is 30.1 Å². The number of halogens is 1. The van der Waals surface area contributed by atoms with Gasteiger partial charge in [-0.1, -0.05) is 18.5 Å². The fraction of sp³-hybridized carbons (Fsp3) is 0.417. The largest absolute Gasteiger partial charge is 0.398 e. The lowest BCUT2D eigenvalue weighted by molar-refractivity contribution is 0.0930. The highest BCUT2D eigenvalue weighted by molar-refractivity contribution is 6.31. The number of nitrogen functional groups attached to an aromatic ring is 1. The molecular formula is C12H17ClN2O2. The molecule has 1 rings (SSSR count). The van der Waals surface area contributed by atoms with Gasteiger partial charge in [-0.15, -0.1) is 0 Å². The lowest BCUT2D eigenvalue weighted by Crippen LogP contribution is -2.35. The van der Waals surface area contributed by atoms with Crippen LogP contribution in [0.5, 0.6) is 0 Å². The van der Waals surface area contributed by atoms with Gasteiger partial charge in [0.05, 0.1) is 5.56 Å². The van der Waals surface area contributed by atoms with Gasteiger partial charge in [-0.05, 0) is 31.0 Å². The van der Waals surface area contributed by atoms with Gasteiger partial charge in [0.1, 0.15) is 0 Å². The third-order valence-electron chi connectivity index (χ3n) is 2.56. The van der Waals surface area contributed by atoms with Crippen molar-refractivity contribution >= 4 is 23.2 Å². The maximum Gasteiger partial charge on any atom is 0.253 e. The predicted molar refractivity (Wildman–Crippen MR) is 69.1 cm³/mol. The highest BCUT2D eigenvalue weighted by Crippen LogP contribution is 2.18. The van der Waals surface area contributed by atoms with Crippen LogP contribution in [0.2, 0.25) is 5.02 Å². The van der Waals surface area contributed by atoms with Gasteiger partial charge >= 0.3 is 0 Å². The second-order valence-corrected chi connectivity index (χ2v) is 4.26. The summed E-state index contributed by atoms with van der Waals surface area (Å²) in [7, 11) is 0. The summed E-state index contributed by atoms with van der Waals surface area (Å²) in [6, 6.07) is 4.73. The predicted octanol–water partition coefficient (Wildman–Crippen LogP) is 1.81. The van der Waals surface area contributed by atoms with Gasteiger partial charge in [0.25, 0.3) is 5.91 Å². The molecule has 0 aliphatic heterocycles. The van der Waals surface area contributed by atoms with Crippen LogP contribution >= 0.6 is 11.6 Å². The van der Waals surface area contributed by atoms with Crippen LogP contribution in [0.25, 0.3) is 0 Å². The van der Waals surface area contributed by atoms with Crippen LogP contribution in [0.3, 0.4) is 0 Å². The van der Waals surface area contributed by atoms with Gasteiger partial charge in [-0.3, -0.25) is 4.79 Å². The Morgan fingerprint density at radius 3 is 2.82 bits per heavy atom. The highest BCUT2D eigenvalue weighted by atomic mass is 35.5. The molecule has 1 aromatic rings. The van der Waals surface area contributed by atoms with E-state index in [9.17, 15) is 4.79 Å². The number of nitrogens with two attached hydrogens (primary N) is 1. The quantitative estimate of drug-likeness (QED) is 0.704. The summed E-state index contributed by atoms with van der Waals surface area (Å²) in [6.45, 7) is 2.00. The maximum atomic E-state index is 11.9. The van der Waals surface area contributed by atoms with Crippen LogP contribution in [-0.4, -0.2) is 23.7 Å². The minimum Gasteiger partial charge on any atom is -0.398 e. The van der Waals surface area contributed by atoms with Gasteiger partial charge < -0.3 is 16.2 Å². The average molecular weight is 257 g/mol. The molecule has 0 saturated carbocycles. The van der Waals surface area contributed by atoms with Crippen molar-refractivity contribution in [3.63, 3.8) is 0 Å². The van der Waals surface area contributed by atoms with E-state index >= 15 is 0 Å². The topological polar surface area (TPSA) is 75.3 Å². The molecule has 0 fully saturated rings. The molecule has 4 N–H and O–H groups in total. The average Bonchev–Trinajstić information content (AvgIpc) is 2.28. The summed E-state index contributed by atoms with van der Waals surface area (Å²) < 4.78 is 0. The zero-order chi connectivity index (χ0) is 12.8. The molecule has 1 aromatic carbocycles. The Kier molecular flexibility index (Phi) is 5.25. The molecule has 1 unspecified atom stereocenters. The third-order valence-corrected chi connectivity index (χ3v) is 2.80. The molecule has 0 spiro atoms. The molecule has 0 heterocycles. The Morgan fingerprint density at radius 2 is 2.29 bits per heavy atom. The number of hydrogen-bond donors (Lipinski definition) is 3. The summed E-state index contributed by atoms with van der Waals surface area (Å²) in [5.74, 6) is -0.237. The van der Waals surface area contributed by atoms with Gasteiger partial charge in [0.2, 0.25) is 0 Å². The molecule has 1 amide bonds. The number of aliphatic hydroxyl groups excluding tert-OH is 1. The molecule has 1 atom stereocenters. The van der Waals surface area contributed by atoms with Gasteiger partial charge in [-0.2, -0.15) is 0 Å². The minimum atomic E-state index is -0.237. The Morgan fingerprint density at radius 1 is 1.59 bits per heavy atom. The summed E-state index contributed by atoms with van der Waals surface area (Å²) >= 11 is 5.76. The SMILES string of the molecule is CCC(CCO)NC(=O)c1ccc(Cl)cc1N. The van der Waals surface area contributed by atoms with Crippen molar-refractivity contribution in [3.8, 4) is 0 Å². The van der Waals surface area contributed by atoms with E-state index in [1.54, 1.807) is 18.2 Å². The Balaban J connectivity index is 2.75. The molecule has 94 valence electrons. The molecule has 0 radical (unpaired) electrons. The fourth-order valence-corrected chi connectivity index (χ4v) is 1.72. The number of hydrogen-bond acceptors (Lipinski definition) is 3. The van der Waals surface area contributed by atoms with Gasteiger partial charge in [0.15, 0.2) is 0 Å². The van der Waals surface area contributed by atoms with Crippen molar-refractivity contribution < 1.29 is 9.90 Å². The van der Waals surface area contributed by atoms with E-state index in [-0.39, 0.29) is 18.6 Å². The normalized spacial score (nSPS) is 12.2. The van der Waals surface area contributed by atoms with Crippen LogP contribution < -0.4 is 11.1 Å². The van der Waals surface area contributed by atoms with Gasteiger partial charge in [0, 0.05) is 23.4 Å². The van der Waals surface area contributed by atoms with Crippen molar-refractivity contribution in [3.05, 3.63) is 28.8 Å². The third kappa shape index (κ3) is 3.91. The zero-order valence-corrected chi connectivity index (χ0v) is 10.5. The first-order valence-electron chi connectivity index (χ1n) is 5.55. The van der Waals surface area contributed by atoms with Crippen molar-refractivity contribution in [1.82, 2.24) is 5.32 Å². The van der Waals surface area contributed by atoms with Gasteiger partial charge in [-0.25, -0.2) is 0 Å². The van der Waals surface area contributed by atoms with E-state index in [0.29, 0.717) is 22.7 Å². The molecule has 17 heavy (non-hydrogen) atoms. The number of carbonyl (C=O) groups is 1. The smallest absolute Gasteiger partial charge is 0.253 e. The number of benzene rings is 1. The van der Waals surface area contributed by atoms with Crippen LogP contribution in [0, 0.1) is 0 Å². The Hall–Kier alpha value is -1.26. The number of carbonyl (C=O) groups excluding carboxylic acids is 1. The van der Waals surface area contributed by atoms with E-state index in [2.05, 4.69) is 5.32 Å². The molecule has 5 heteroatoms. The van der Waals surface area contributed by atoms with Crippen molar-refractivity contribution in [1.29, 1.82) is 0 Å². The van der Waals surface area contributed by atoms with Crippen LogP contribution in [0.15, 0.2) is 18.2 Å². The first-order chi connectivity index (χ1) is 8.08.